The normalized spacial score (nSPS) is 10.0. The van der Waals surface area contributed by atoms with Crippen molar-refractivity contribution >= 4 is 0 Å². The summed E-state index contributed by atoms with van der Waals surface area (Å²) in [6, 6.07) is 0. The zero-order valence-electron chi connectivity index (χ0n) is 15.3. The van der Waals surface area contributed by atoms with Gasteiger partial charge in [-0.25, -0.2) is 0 Å². The molecule has 2 aromatic carbocycles. The fraction of sp³-hybridized carbons (Fsp3) is 0.500. The van der Waals surface area contributed by atoms with E-state index in [0.29, 0.717) is 0 Å². The Balaban J connectivity index is 0.000000364. The van der Waals surface area contributed by atoms with Crippen molar-refractivity contribution in [3.05, 3.63) is 55.6 Å². The Bertz CT molecular complexity index is 404. The van der Waals surface area contributed by atoms with Crippen LogP contribution in [-0.2, 0) is 16.8 Å². The molecule has 0 aliphatic rings. The van der Waals surface area contributed by atoms with E-state index in [2.05, 4.69) is 69.2 Å². The molecule has 0 nitrogen and oxygen atoms in total. The van der Waals surface area contributed by atoms with Crippen molar-refractivity contribution in [2.24, 2.45) is 0 Å². The Morgan fingerprint density at radius 1 is 0.429 bits per heavy atom. The fourth-order valence-electron chi connectivity index (χ4n) is 2.81. The van der Waals surface area contributed by atoms with Crippen LogP contribution in [0.1, 0.15) is 55.6 Å². The maximum absolute atomic E-state index is 2.20. The van der Waals surface area contributed by atoms with Crippen LogP contribution < -0.4 is 0 Å². The van der Waals surface area contributed by atoms with Crippen molar-refractivity contribution in [2.75, 3.05) is 0 Å². The molecule has 0 spiro atoms. The van der Waals surface area contributed by atoms with Gasteiger partial charge in [0.05, 0.1) is 0 Å². The van der Waals surface area contributed by atoms with E-state index in [1.807, 2.05) is 0 Å². The minimum absolute atomic E-state index is 0. The van der Waals surface area contributed by atoms with Crippen LogP contribution in [-0.4, -0.2) is 0 Å². The van der Waals surface area contributed by atoms with Gasteiger partial charge in [0, 0.05) is 0 Å². The maximum Gasteiger partial charge on any atom is 3.00 e. The first-order chi connectivity index (χ1) is 9.11. The zero-order chi connectivity index (χ0) is 15.8. The van der Waals surface area contributed by atoms with E-state index < -0.39 is 0 Å². The second-order valence-electron chi connectivity index (χ2n) is 6.25. The number of rotatable bonds is 0. The molecule has 0 atom stereocenters. The molecule has 0 saturated heterocycles. The summed E-state index contributed by atoms with van der Waals surface area (Å²) in [7, 11) is 0. The Kier molecular flexibility index (Phi) is 7.18. The molecule has 0 aliphatic carbocycles. The van der Waals surface area contributed by atoms with Gasteiger partial charge in [0.25, 0.3) is 0 Å². The molecule has 0 aromatic heterocycles. The van der Waals surface area contributed by atoms with E-state index in [0.717, 1.165) is 0 Å². The molecular formula is C20H30Co+. The molecule has 0 radical (unpaired) electrons. The standard InChI is InChI=1S/2C10H15.Co/c2*1-6-7(2)9(4)10(5)8(6)3;/h2*1-5H3;/q2*-1;+3. The Labute approximate surface area is 141 Å². The van der Waals surface area contributed by atoms with Gasteiger partial charge in [-0.2, -0.15) is 55.6 Å². The molecule has 0 bridgehead atoms. The average Bonchev–Trinajstić information content (AvgIpc) is 2.71. The second-order valence-corrected chi connectivity index (χ2v) is 6.25. The van der Waals surface area contributed by atoms with Gasteiger partial charge >= 0.3 is 16.8 Å². The van der Waals surface area contributed by atoms with Crippen LogP contribution in [0.25, 0.3) is 0 Å². The smallest absolute Gasteiger partial charge is 0.196 e. The molecule has 0 fully saturated rings. The predicted octanol–water partition coefficient (Wildman–Crippen LogP) is 5.89. The van der Waals surface area contributed by atoms with Crippen molar-refractivity contribution in [1.82, 2.24) is 0 Å². The van der Waals surface area contributed by atoms with E-state index in [1.54, 1.807) is 0 Å². The molecule has 0 heterocycles. The molecule has 0 N–H and O–H groups in total. The van der Waals surface area contributed by atoms with Crippen molar-refractivity contribution in [3.63, 3.8) is 0 Å². The second kappa shape index (κ2) is 7.46. The zero-order valence-corrected chi connectivity index (χ0v) is 16.4. The molecule has 0 unspecified atom stereocenters. The summed E-state index contributed by atoms with van der Waals surface area (Å²) in [5.41, 5.74) is 14.7. The van der Waals surface area contributed by atoms with Crippen LogP contribution in [0.2, 0.25) is 0 Å². The first kappa shape index (κ1) is 20.2. The first-order valence-electron chi connectivity index (χ1n) is 7.50. The monoisotopic (exact) mass is 329 g/mol. The quantitative estimate of drug-likeness (QED) is 0.528. The van der Waals surface area contributed by atoms with Crippen LogP contribution in [0.5, 0.6) is 0 Å². The Hall–Kier alpha value is -0.794. The van der Waals surface area contributed by atoms with Gasteiger partial charge in [-0.05, 0) is 0 Å². The molecule has 2 rings (SSSR count). The summed E-state index contributed by atoms with van der Waals surface area (Å²) >= 11 is 0. The fourth-order valence-corrected chi connectivity index (χ4v) is 2.81. The molecule has 0 aliphatic heterocycles. The molecule has 2 aromatic rings. The van der Waals surface area contributed by atoms with Gasteiger partial charge in [0.2, 0.25) is 0 Å². The molecule has 1 heteroatoms. The third-order valence-corrected chi connectivity index (χ3v) is 5.62. The number of hydrogen-bond donors (Lipinski definition) is 0. The van der Waals surface area contributed by atoms with Crippen LogP contribution in [0.3, 0.4) is 0 Å². The van der Waals surface area contributed by atoms with Crippen molar-refractivity contribution in [2.45, 2.75) is 69.2 Å². The summed E-state index contributed by atoms with van der Waals surface area (Å²) in [5, 5.41) is 0. The summed E-state index contributed by atoms with van der Waals surface area (Å²) in [5.74, 6) is 0. The SMILES string of the molecule is Cc1c(C)c(C)[c-](C)c1C.Cc1c(C)c(C)[c-](C)c1C.[Co+3]. The third-order valence-electron chi connectivity index (χ3n) is 5.62. The summed E-state index contributed by atoms with van der Waals surface area (Å²) in [6.07, 6.45) is 0. The molecule has 0 amide bonds. The largest absolute Gasteiger partial charge is 3.00 e. The predicted molar refractivity (Wildman–Crippen MR) is 91.4 cm³/mol. The molecular weight excluding hydrogens is 299 g/mol. The van der Waals surface area contributed by atoms with Crippen molar-refractivity contribution in [1.29, 1.82) is 0 Å². The number of hydrogen-bond acceptors (Lipinski definition) is 0. The Morgan fingerprint density at radius 2 is 0.571 bits per heavy atom. The van der Waals surface area contributed by atoms with E-state index in [4.69, 9.17) is 0 Å². The molecule has 118 valence electrons. The van der Waals surface area contributed by atoms with Crippen LogP contribution in [0, 0.1) is 69.2 Å². The van der Waals surface area contributed by atoms with Gasteiger partial charge < -0.3 is 0 Å². The van der Waals surface area contributed by atoms with E-state index in [1.165, 1.54) is 55.6 Å². The van der Waals surface area contributed by atoms with Crippen LogP contribution >= 0.6 is 0 Å². The van der Waals surface area contributed by atoms with Crippen molar-refractivity contribution in [3.8, 4) is 0 Å². The average molecular weight is 329 g/mol. The molecule has 0 saturated carbocycles. The van der Waals surface area contributed by atoms with E-state index in [-0.39, 0.29) is 16.8 Å². The van der Waals surface area contributed by atoms with Crippen LogP contribution in [0.15, 0.2) is 0 Å². The van der Waals surface area contributed by atoms with Gasteiger partial charge in [0.1, 0.15) is 0 Å². The van der Waals surface area contributed by atoms with Crippen molar-refractivity contribution < 1.29 is 16.8 Å². The topological polar surface area (TPSA) is 0 Å². The summed E-state index contributed by atoms with van der Waals surface area (Å²) in [6.45, 7) is 22.0. The van der Waals surface area contributed by atoms with E-state index >= 15 is 0 Å². The summed E-state index contributed by atoms with van der Waals surface area (Å²) in [4.78, 5) is 0. The van der Waals surface area contributed by atoms with Gasteiger partial charge in [0.15, 0.2) is 0 Å². The minimum Gasteiger partial charge on any atom is -0.196 e. The third kappa shape index (κ3) is 3.70. The summed E-state index contributed by atoms with van der Waals surface area (Å²) < 4.78 is 0. The Morgan fingerprint density at radius 3 is 0.619 bits per heavy atom. The van der Waals surface area contributed by atoms with E-state index in [9.17, 15) is 0 Å². The molecule has 21 heavy (non-hydrogen) atoms. The maximum atomic E-state index is 2.20. The van der Waals surface area contributed by atoms with Crippen LogP contribution in [0.4, 0.5) is 0 Å². The van der Waals surface area contributed by atoms with Gasteiger partial charge in [-0.3, -0.25) is 0 Å². The minimum atomic E-state index is 0. The first-order valence-corrected chi connectivity index (χ1v) is 7.50. The van der Waals surface area contributed by atoms with Gasteiger partial charge in [-0.1, -0.05) is 69.2 Å². The van der Waals surface area contributed by atoms with Gasteiger partial charge in [-0.15, -0.1) is 0 Å².